The average molecular weight is 329 g/mol. The van der Waals surface area contributed by atoms with Gasteiger partial charge in [-0.15, -0.1) is 0 Å². The van der Waals surface area contributed by atoms with Crippen LogP contribution in [0.25, 0.3) is 0 Å². The fraction of sp³-hybridized carbons (Fsp3) is 0.500. The topological polar surface area (TPSA) is 63.7 Å². The molecule has 7 heteroatoms. The van der Waals surface area contributed by atoms with Gasteiger partial charge in [0.25, 0.3) is 0 Å². The first-order valence-corrected chi connectivity index (χ1v) is 9.07. The number of hydrogen-bond acceptors (Lipinski definition) is 5. The van der Waals surface area contributed by atoms with Crippen LogP contribution in [0.4, 0.5) is 0 Å². The van der Waals surface area contributed by atoms with E-state index in [0.29, 0.717) is 13.1 Å². The number of thioether (sulfide) groups is 1. The Kier molecular flexibility index (Phi) is 4.95. The molecule has 116 valence electrons. The second-order valence-corrected chi connectivity index (χ2v) is 8.86. The van der Waals surface area contributed by atoms with Crippen molar-refractivity contribution in [2.75, 3.05) is 20.2 Å². The Morgan fingerprint density at radius 1 is 1.24 bits per heavy atom. The largest absolute Gasteiger partial charge is 0.465 e. The van der Waals surface area contributed by atoms with Crippen molar-refractivity contribution in [2.24, 2.45) is 0 Å². The molecular formula is C14H19NO4S2. The Balaban J connectivity index is 2.42. The first-order chi connectivity index (χ1) is 9.86. The highest BCUT2D eigenvalue weighted by Gasteiger charge is 2.34. The standard InChI is InChI=1S/C14H19NO4S2/c1-10-8-15(9-11(2)20-10)21(17,18)13-7-5-4-6-12(13)14(16)19-3/h4-7,10-11H,8-9H2,1-3H3. The number of hydrogen-bond donors (Lipinski definition) is 0. The fourth-order valence-electron chi connectivity index (χ4n) is 2.44. The molecule has 1 aromatic carbocycles. The average Bonchev–Trinajstić information content (AvgIpc) is 2.45. The van der Waals surface area contributed by atoms with Gasteiger partial charge in [0.15, 0.2) is 0 Å². The van der Waals surface area contributed by atoms with Crippen molar-refractivity contribution in [3.8, 4) is 0 Å². The third kappa shape index (κ3) is 3.41. The monoisotopic (exact) mass is 329 g/mol. The molecule has 1 aromatic rings. The van der Waals surface area contributed by atoms with Crippen molar-refractivity contribution >= 4 is 27.8 Å². The van der Waals surface area contributed by atoms with Crippen LogP contribution >= 0.6 is 11.8 Å². The van der Waals surface area contributed by atoms with E-state index in [1.807, 2.05) is 13.8 Å². The van der Waals surface area contributed by atoms with Crippen molar-refractivity contribution in [2.45, 2.75) is 29.2 Å². The van der Waals surface area contributed by atoms with Crippen LogP contribution in [0.1, 0.15) is 24.2 Å². The molecule has 0 spiro atoms. The minimum Gasteiger partial charge on any atom is -0.465 e. The zero-order valence-corrected chi connectivity index (χ0v) is 13.9. The predicted octanol–water partition coefficient (Wildman–Crippen LogP) is 1.99. The summed E-state index contributed by atoms with van der Waals surface area (Å²) in [5, 5.41) is 0.461. The van der Waals surface area contributed by atoms with Crippen LogP contribution < -0.4 is 0 Å². The smallest absolute Gasteiger partial charge is 0.339 e. The minimum atomic E-state index is -3.69. The van der Waals surface area contributed by atoms with Crippen LogP contribution in [0.2, 0.25) is 0 Å². The van der Waals surface area contributed by atoms with Gasteiger partial charge in [-0.05, 0) is 12.1 Å². The molecular weight excluding hydrogens is 310 g/mol. The third-order valence-corrected chi connectivity index (χ3v) is 6.41. The van der Waals surface area contributed by atoms with Gasteiger partial charge in [-0.1, -0.05) is 26.0 Å². The summed E-state index contributed by atoms with van der Waals surface area (Å²) < 4.78 is 31.8. The summed E-state index contributed by atoms with van der Waals surface area (Å²) in [5.41, 5.74) is 0.0820. The van der Waals surface area contributed by atoms with Crippen LogP contribution in [0.15, 0.2) is 29.2 Å². The molecule has 0 N–H and O–H groups in total. The van der Waals surface area contributed by atoms with Gasteiger partial charge in [0.2, 0.25) is 10.0 Å². The van der Waals surface area contributed by atoms with Gasteiger partial charge in [0, 0.05) is 23.6 Å². The maximum atomic E-state index is 12.8. The lowest BCUT2D eigenvalue weighted by Gasteiger charge is -2.33. The SMILES string of the molecule is COC(=O)c1ccccc1S(=O)(=O)N1CC(C)SC(C)C1. The quantitative estimate of drug-likeness (QED) is 0.794. The van der Waals surface area contributed by atoms with Crippen molar-refractivity contribution in [3.63, 3.8) is 0 Å². The lowest BCUT2D eigenvalue weighted by atomic mass is 10.2. The third-order valence-electron chi connectivity index (χ3n) is 3.30. The zero-order chi connectivity index (χ0) is 15.6. The van der Waals surface area contributed by atoms with E-state index in [2.05, 4.69) is 4.74 Å². The van der Waals surface area contributed by atoms with Gasteiger partial charge < -0.3 is 4.74 Å². The molecule has 2 unspecified atom stereocenters. The zero-order valence-electron chi connectivity index (χ0n) is 12.3. The molecule has 0 saturated carbocycles. The molecule has 0 aromatic heterocycles. The maximum absolute atomic E-state index is 12.8. The summed E-state index contributed by atoms with van der Waals surface area (Å²) in [6.45, 7) is 4.92. The van der Waals surface area contributed by atoms with E-state index in [9.17, 15) is 13.2 Å². The number of carbonyl (C=O) groups is 1. The van der Waals surface area contributed by atoms with Gasteiger partial charge in [0.1, 0.15) is 0 Å². The second-order valence-electron chi connectivity index (χ2n) is 5.07. The lowest BCUT2D eigenvalue weighted by molar-refractivity contribution is 0.0596. The van der Waals surface area contributed by atoms with Crippen LogP contribution in [0.5, 0.6) is 0 Å². The summed E-state index contributed by atoms with van der Waals surface area (Å²) in [7, 11) is -2.45. The molecule has 21 heavy (non-hydrogen) atoms. The number of carbonyl (C=O) groups excluding carboxylic acids is 1. The Labute approximate surface area is 129 Å². The molecule has 1 aliphatic rings. The van der Waals surface area contributed by atoms with Crippen molar-refractivity contribution in [1.29, 1.82) is 0 Å². The molecule has 2 atom stereocenters. The van der Waals surface area contributed by atoms with E-state index in [1.54, 1.807) is 23.9 Å². The minimum absolute atomic E-state index is 0.0168. The van der Waals surface area contributed by atoms with Crippen LogP contribution in [0, 0.1) is 0 Å². The van der Waals surface area contributed by atoms with Gasteiger partial charge in [-0.3, -0.25) is 0 Å². The number of sulfonamides is 1. The van der Waals surface area contributed by atoms with Gasteiger partial charge in [-0.25, -0.2) is 13.2 Å². The first-order valence-electron chi connectivity index (χ1n) is 6.69. The highest BCUT2D eigenvalue weighted by molar-refractivity contribution is 8.00. The molecule has 1 heterocycles. The first kappa shape index (κ1) is 16.3. The van der Waals surface area contributed by atoms with E-state index in [1.165, 1.54) is 23.5 Å². The van der Waals surface area contributed by atoms with E-state index >= 15 is 0 Å². The molecule has 2 rings (SSSR count). The fourth-order valence-corrected chi connectivity index (χ4v) is 5.75. The van der Waals surface area contributed by atoms with Gasteiger partial charge in [0.05, 0.1) is 17.6 Å². The second kappa shape index (κ2) is 6.37. The molecule has 0 bridgehead atoms. The Morgan fingerprint density at radius 3 is 2.38 bits per heavy atom. The number of esters is 1. The van der Waals surface area contributed by atoms with Crippen molar-refractivity contribution < 1.29 is 17.9 Å². The van der Waals surface area contributed by atoms with E-state index in [0.717, 1.165) is 0 Å². The molecule has 1 aliphatic heterocycles. The van der Waals surface area contributed by atoms with Gasteiger partial charge in [-0.2, -0.15) is 16.1 Å². The molecule has 0 amide bonds. The number of rotatable bonds is 3. The van der Waals surface area contributed by atoms with Crippen LogP contribution in [0.3, 0.4) is 0 Å². The van der Waals surface area contributed by atoms with E-state index < -0.39 is 16.0 Å². The van der Waals surface area contributed by atoms with E-state index in [-0.39, 0.29) is 21.0 Å². The summed E-state index contributed by atoms with van der Waals surface area (Å²) >= 11 is 1.77. The van der Waals surface area contributed by atoms with E-state index in [4.69, 9.17) is 0 Å². The summed E-state index contributed by atoms with van der Waals surface area (Å²) in [5.74, 6) is -0.637. The molecule has 1 fully saturated rings. The lowest BCUT2D eigenvalue weighted by Crippen LogP contribution is -2.44. The Hall–Kier alpha value is -1.05. The van der Waals surface area contributed by atoms with Crippen molar-refractivity contribution in [1.82, 2.24) is 4.31 Å². The predicted molar refractivity (Wildman–Crippen MR) is 83.1 cm³/mol. The maximum Gasteiger partial charge on any atom is 0.339 e. The Bertz CT molecular complexity index is 620. The van der Waals surface area contributed by atoms with Crippen LogP contribution in [-0.4, -0.2) is 49.4 Å². The Morgan fingerprint density at radius 2 is 1.81 bits per heavy atom. The summed E-state index contributed by atoms with van der Waals surface area (Å²) in [4.78, 5) is 11.8. The highest BCUT2D eigenvalue weighted by atomic mass is 32.2. The number of benzene rings is 1. The summed E-state index contributed by atoms with van der Waals surface area (Å²) in [6, 6.07) is 6.18. The molecule has 0 radical (unpaired) electrons. The normalized spacial score (nSPS) is 23.8. The highest BCUT2D eigenvalue weighted by Crippen LogP contribution is 2.30. The number of methoxy groups -OCH3 is 1. The molecule has 1 saturated heterocycles. The number of ether oxygens (including phenoxy) is 1. The molecule has 0 aliphatic carbocycles. The molecule has 5 nitrogen and oxygen atoms in total. The van der Waals surface area contributed by atoms with Crippen molar-refractivity contribution in [3.05, 3.63) is 29.8 Å². The number of nitrogens with zero attached hydrogens (tertiary/aromatic N) is 1. The van der Waals surface area contributed by atoms with Gasteiger partial charge >= 0.3 is 5.97 Å². The summed E-state index contributed by atoms with van der Waals surface area (Å²) in [6.07, 6.45) is 0. The van der Waals surface area contributed by atoms with Crippen LogP contribution in [-0.2, 0) is 14.8 Å².